The normalized spacial score (nSPS) is 19.5. The van der Waals surface area contributed by atoms with Crippen LogP contribution in [0.4, 0.5) is 0 Å². The summed E-state index contributed by atoms with van der Waals surface area (Å²) in [4.78, 5) is 14.1. The Bertz CT molecular complexity index is 641. The highest BCUT2D eigenvalue weighted by atomic mass is 35.5. The molecular weight excluding hydrogens is 344 g/mol. The van der Waals surface area contributed by atoms with Gasteiger partial charge in [0.15, 0.2) is 5.76 Å². The van der Waals surface area contributed by atoms with Gasteiger partial charge in [0.05, 0.1) is 6.04 Å². The van der Waals surface area contributed by atoms with Crippen LogP contribution in [-0.4, -0.2) is 49.6 Å². The lowest BCUT2D eigenvalue weighted by atomic mass is 10.2. The third-order valence-corrected chi connectivity index (χ3v) is 5.66. The SMILES string of the molecule is Cc1noc(C)c1S(=O)(=O)NC(C)C(=O)N1CCCC1CN.Cl. The van der Waals surface area contributed by atoms with E-state index < -0.39 is 16.1 Å². The molecule has 1 saturated heterocycles. The summed E-state index contributed by atoms with van der Waals surface area (Å²) in [6.45, 7) is 5.59. The lowest BCUT2D eigenvalue weighted by Crippen LogP contribution is -2.50. The van der Waals surface area contributed by atoms with Gasteiger partial charge in [-0.3, -0.25) is 4.79 Å². The van der Waals surface area contributed by atoms with Crippen LogP contribution in [0.5, 0.6) is 0 Å². The van der Waals surface area contributed by atoms with E-state index in [1.807, 2.05) is 0 Å². The van der Waals surface area contributed by atoms with Crippen molar-refractivity contribution in [1.82, 2.24) is 14.8 Å². The van der Waals surface area contributed by atoms with Crippen molar-refractivity contribution in [3.63, 3.8) is 0 Å². The van der Waals surface area contributed by atoms with Crippen molar-refractivity contribution >= 4 is 28.3 Å². The monoisotopic (exact) mass is 366 g/mol. The highest BCUT2D eigenvalue weighted by Crippen LogP contribution is 2.21. The minimum atomic E-state index is -3.86. The van der Waals surface area contributed by atoms with Gasteiger partial charge in [-0.15, -0.1) is 12.4 Å². The molecule has 1 aromatic rings. The van der Waals surface area contributed by atoms with Crippen molar-refractivity contribution in [2.24, 2.45) is 5.73 Å². The molecule has 0 aliphatic carbocycles. The molecule has 10 heteroatoms. The van der Waals surface area contributed by atoms with Crippen molar-refractivity contribution in [1.29, 1.82) is 0 Å². The number of likely N-dealkylation sites (tertiary alicyclic amines) is 1. The van der Waals surface area contributed by atoms with E-state index in [0.717, 1.165) is 12.8 Å². The minimum Gasteiger partial charge on any atom is -0.360 e. The molecule has 2 atom stereocenters. The Labute approximate surface area is 142 Å². The molecule has 2 unspecified atom stereocenters. The number of aromatic nitrogens is 1. The molecule has 0 bridgehead atoms. The molecular formula is C13H23ClN4O4S. The summed E-state index contributed by atoms with van der Waals surface area (Å²) < 4.78 is 32.1. The van der Waals surface area contributed by atoms with Crippen molar-refractivity contribution in [2.75, 3.05) is 13.1 Å². The summed E-state index contributed by atoms with van der Waals surface area (Å²) in [6.07, 6.45) is 1.74. The fourth-order valence-corrected chi connectivity index (χ4v) is 4.35. The Morgan fingerprint density at radius 2 is 2.17 bits per heavy atom. The van der Waals surface area contributed by atoms with Gasteiger partial charge in [0.25, 0.3) is 0 Å². The second-order valence-corrected chi connectivity index (χ2v) is 7.21. The second-order valence-electron chi connectivity index (χ2n) is 5.56. The van der Waals surface area contributed by atoms with Crippen LogP contribution >= 0.6 is 12.4 Å². The number of aryl methyl sites for hydroxylation is 2. The molecule has 132 valence electrons. The maximum absolute atomic E-state index is 12.4. The first-order valence-electron chi connectivity index (χ1n) is 7.23. The minimum absolute atomic E-state index is 0. The van der Waals surface area contributed by atoms with E-state index in [-0.39, 0.29) is 40.7 Å². The van der Waals surface area contributed by atoms with Crippen molar-refractivity contribution in [3.05, 3.63) is 11.5 Å². The number of rotatable bonds is 5. The maximum atomic E-state index is 12.4. The summed E-state index contributed by atoms with van der Waals surface area (Å²) >= 11 is 0. The summed E-state index contributed by atoms with van der Waals surface area (Å²) in [5.41, 5.74) is 5.92. The summed E-state index contributed by atoms with van der Waals surface area (Å²) in [5, 5.41) is 3.63. The summed E-state index contributed by atoms with van der Waals surface area (Å²) in [6, 6.07) is -0.885. The number of carbonyl (C=O) groups is 1. The van der Waals surface area contributed by atoms with Gasteiger partial charge in [-0.25, -0.2) is 8.42 Å². The fraction of sp³-hybridized carbons (Fsp3) is 0.692. The third kappa shape index (κ3) is 4.03. The number of hydrogen-bond donors (Lipinski definition) is 2. The van der Waals surface area contributed by atoms with Gasteiger partial charge in [-0.2, -0.15) is 4.72 Å². The molecule has 2 heterocycles. The molecule has 2 rings (SSSR count). The predicted molar refractivity (Wildman–Crippen MR) is 86.8 cm³/mol. The first-order chi connectivity index (χ1) is 10.3. The number of sulfonamides is 1. The average molecular weight is 367 g/mol. The Morgan fingerprint density at radius 1 is 1.52 bits per heavy atom. The van der Waals surface area contributed by atoms with Crippen LogP contribution in [-0.2, 0) is 14.8 Å². The zero-order valence-corrected chi connectivity index (χ0v) is 15.0. The van der Waals surface area contributed by atoms with Crippen LogP contribution in [0.25, 0.3) is 0 Å². The van der Waals surface area contributed by atoms with Gasteiger partial charge in [0.2, 0.25) is 15.9 Å². The molecule has 8 nitrogen and oxygen atoms in total. The van der Waals surface area contributed by atoms with Crippen LogP contribution in [0.1, 0.15) is 31.2 Å². The molecule has 0 saturated carbocycles. The van der Waals surface area contributed by atoms with Gasteiger partial charge in [-0.1, -0.05) is 5.16 Å². The Hall–Kier alpha value is -1.16. The Morgan fingerprint density at radius 3 is 2.70 bits per heavy atom. The number of carbonyl (C=O) groups excluding carboxylic acids is 1. The molecule has 23 heavy (non-hydrogen) atoms. The molecule has 1 fully saturated rings. The van der Waals surface area contributed by atoms with Gasteiger partial charge in [-0.05, 0) is 33.6 Å². The summed E-state index contributed by atoms with van der Waals surface area (Å²) in [5.74, 6) is -0.0612. The van der Waals surface area contributed by atoms with Gasteiger partial charge in [0.1, 0.15) is 10.6 Å². The topological polar surface area (TPSA) is 119 Å². The van der Waals surface area contributed by atoms with E-state index in [4.69, 9.17) is 10.3 Å². The zero-order valence-electron chi connectivity index (χ0n) is 13.4. The van der Waals surface area contributed by atoms with E-state index in [2.05, 4.69) is 9.88 Å². The molecule has 0 radical (unpaired) electrons. The second kappa shape index (κ2) is 7.61. The predicted octanol–water partition coefficient (Wildman–Crippen LogP) is 0.330. The Kier molecular flexibility index (Phi) is 6.58. The van der Waals surface area contributed by atoms with Crippen LogP contribution in [0.2, 0.25) is 0 Å². The molecule has 0 aromatic carbocycles. The van der Waals surface area contributed by atoms with Crippen molar-refractivity contribution < 1.29 is 17.7 Å². The van der Waals surface area contributed by atoms with Gasteiger partial charge >= 0.3 is 0 Å². The van der Waals surface area contributed by atoms with E-state index >= 15 is 0 Å². The van der Waals surface area contributed by atoms with Crippen LogP contribution in [0.3, 0.4) is 0 Å². The molecule has 3 N–H and O–H groups in total. The first kappa shape index (κ1) is 19.9. The maximum Gasteiger partial charge on any atom is 0.246 e. The molecule has 0 spiro atoms. The van der Waals surface area contributed by atoms with E-state index in [9.17, 15) is 13.2 Å². The van der Waals surface area contributed by atoms with Crippen LogP contribution in [0.15, 0.2) is 9.42 Å². The highest BCUT2D eigenvalue weighted by Gasteiger charge is 2.34. The molecule has 1 aliphatic rings. The van der Waals surface area contributed by atoms with Crippen LogP contribution in [0, 0.1) is 13.8 Å². The van der Waals surface area contributed by atoms with Crippen LogP contribution < -0.4 is 10.5 Å². The quantitative estimate of drug-likeness (QED) is 0.775. The Balaban J connectivity index is 0.00000264. The highest BCUT2D eigenvalue weighted by molar-refractivity contribution is 7.89. The zero-order chi connectivity index (χ0) is 16.5. The lowest BCUT2D eigenvalue weighted by Gasteiger charge is -2.26. The number of hydrogen-bond acceptors (Lipinski definition) is 6. The van der Waals surface area contributed by atoms with Gasteiger partial charge < -0.3 is 15.2 Å². The van der Waals surface area contributed by atoms with E-state index in [0.29, 0.717) is 13.1 Å². The van der Waals surface area contributed by atoms with Crippen molar-refractivity contribution in [2.45, 2.75) is 50.6 Å². The largest absolute Gasteiger partial charge is 0.360 e. The smallest absolute Gasteiger partial charge is 0.246 e. The lowest BCUT2D eigenvalue weighted by molar-refractivity contribution is -0.133. The van der Waals surface area contributed by atoms with Crippen molar-refractivity contribution in [3.8, 4) is 0 Å². The third-order valence-electron chi connectivity index (χ3n) is 3.87. The van der Waals surface area contributed by atoms with Gasteiger partial charge in [0, 0.05) is 19.1 Å². The fourth-order valence-electron chi connectivity index (χ4n) is 2.82. The standard InChI is InChI=1S/C13H22N4O4S.ClH/c1-8-12(10(3)21-15-8)22(19,20)16-9(2)13(18)17-6-4-5-11(17)7-14;/h9,11,16H,4-7,14H2,1-3H3;1H. The van der Waals surface area contributed by atoms with E-state index in [1.54, 1.807) is 11.8 Å². The number of nitrogens with one attached hydrogen (secondary N) is 1. The molecule has 1 aliphatic heterocycles. The average Bonchev–Trinajstić information content (AvgIpc) is 3.03. The van der Waals surface area contributed by atoms with E-state index in [1.165, 1.54) is 13.8 Å². The summed E-state index contributed by atoms with van der Waals surface area (Å²) in [7, 11) is -3.86. The number of amides is 1. The number of halogens is 1. The molecule has 1 amide bonds. The molecule has 1 aromatic heterocycles. The first-order valence-corrected chi connectivity index (χ1v) is 8.72. The number of nitrogens with two attached hydrogens (primary N) is 1. The number of nitrogens with zero attached hydrogens (tertiary/aromatic N) is 2.